The van der Waals surface area contributed by atoms with Gasteiger partial charge in [0.05, 0.1) is 0 Å². The molecule has 2 unspecified atom stereocenters. The average Bonchev–Trinajstić information content (AvgIpc) is 3.08. The number of nitrogens with one attached hydrogen (secondary N) is 1. The first-order chi connectivity index (χ1) is 9.63. The van der Waals surface area contributed by atoms with E-state index in [-0.39, 0.29) is 5.37 Å². The van der Waals surface area contributed by atoms with Crippen molar-refractivity contribution in [2.75, 3.05) is 5.75 Å². The molecule has 1 aliphatic heterocycles. The van der Waals surface area contributed by atoms with Crippen LogP contribution in [0.1, 0.15) is 11.1 Å². The first-order valence-corrected chi connectivity index (χ1v) is 7.94. The van der Waals surface area contributed by atoms with E-state index >= 15 is 0 Å². The molecule has 1 aromatic carbocycles. The number of carbonyl (C=O) groups is 1. The van der Waals surface area contributed by atoms with E-state index in [4.69, 9.17) is 9.52 Å². The molecule has 1 saturated heterocycles. The van der Waals surface area contributed by atoms with Crippen LogP contribution in [0, 0.1) is 0 Å². The van der Waals surface area contributed by atoms with Crippen LogP contribution in [0.2, 0.25) is 0 Å². The number of furan rings is 1. The minimum absolute atomic E-state index is 0.0969. The van der Waals surface area contributed by atoms with Crippen LogP contribution in [0.4, 0.5) is 0 Å². The summed E-state index contributed by atoms with van der Waals surface area (Å²) in [6.07, 6.45) is 0. The predicted molar refractivity (Wildman–Crippen MR) is 81.6 cm³/mol. The summed E-state index contributed by atoms with van der Waals surface area (Å²) in [5.74, 6) is 1.28. The van der Waals surface area contributed by atoms with Crippen molar-refractivity contribution in [3.05, 3.63) is 46.6 Å². The lowest BCUT2D eigenvalue weighted by atomic mass is 10.2. The average molecular weight is 354 g/mol. The first kappa shape index (κ1) is 13.7. The monoisotopic (exact) mass is 353 g/mol. The molecule has 1 aromatic heterocycles. The van der Waals surface area contributed by atoms with Gasteiger partial charge in [0.25, 0.3) is 0 Å². The van der Waals surface area contributed by atoms with Gasteiger partial charge in [-0.25, -0.2) is 0 Å². The molecule has 2 N–H and O–H groups in total. The zero-order valence-electron chi connectivity index (χ0n) is 10.4. The Hall–Kier alpha value is -1.24. The van der Waals surface area contributed by atoms with Crippen molar-refractivity contribution in [2.45, 2.75) is 11.4 Å². The summed E-state index contributed by atoms with van der Waals surface area (Å²) in [4.78, 5) is 10.9. The molecule has 0 spiro atoms. The van der Waals surface area contributed by atoms with E-state index in [0.29, 0.717) is 5.75 Å². The van der Waals surface area contributed by atoms with Crippen LogP contribution < -0.4 is 5.32 Å². The maximum atomic E-state index is 10.9. The molecule has 4 nitrogen and oxygen atoms in total. The molecule has 1 aliphatic rings. The van der Waals surface area contributed by atoms with E-state index in [9.17, 15) is 4.79 Å². The summed E-state index contributed by atoms with van der Waals surface area (Å²) in [5.41, 5.74) is 0.997. The van der Waals surface area contributed by atoms with Gasteiger partial charge in [0.15, 0.2) is 0 Å². The van der Waals surface area contributed by atoms with Gasteiger partial charge in [-0.3, -0.25) is 10.1 Å². The second-order valence-corrected chi connectivity index (χ2v) is 6.53. The van der Waals surface area contributed by atoms with Crippen molar-refractivity contribution < 1.29 is 14.3 Å². The van der Waals surface area contributed by atoms with Crippen LogP contribution in [0.25, 0.3) is 11.3 Å². The molecule has 104 valence electrons. The van der Waals surface area contributed by atoms with Gasteiger partial charge in [-0.15, -0.1) is 11.8 Å². The van der Waals surface area contributed by atoms with E-state index in [1.807, 2.05) is 36.4 Å². The molecule has 1 fully saturated rings. The van der Waals surface area contributed by atoms with Crippen LogP contribution in [-0.4, -0.2) is 22.9 Å². The molecule has 2 atom stereocenters. The van der Waals surface area contributed by atoms with Crippen molar-refractivity contribution in [2.24, 2.45) is 0 Å². The standard InChI is InChI=1S/C14H12BrNO3S/c15-9-3-1-8(2-4-9)11-5-6-12(19-11)13-16-10(7-20-13)14(17)18/h1-6,10,13,16H,7H2,(H,17,18). The molecule has 3 rings (SSSR count). The van der Waals surface area contributed by atoms with Gasteiger partial charge in [-0.05, 0) is 24.3 Å². The number of aliphatic carboxylic acids is 1. The quantitative estimate of drug-likeness (QED) is 0.884. The number of halogens is 1. The zero-order valence-corrected chi connectivity index (χ0v) is 12.8. The number of carboxylic acids is 1. The molecule has 2 aromatic rings. The summed E-state index contributed by atoms with van der Waals surface area (Å²) >= 11 is 4.95. The highest BCUT2D eigenvalue weighted by Crippen LogP contribution is 2.35. The van der Waals surface area contributed by atoms with E-state index in [0.717, 1.165) is 21.6 Å². The van der Waals surface area contributed by atoms with E-state index in [1.165, 1.54) is 0 Å². The molecule has 0 bridgehead atoms. The normalized spacial score (nSPS) is 22.1. The minimum atomic E-state index is -0.820. The first-order valence-electron chi connectivity index (χ1n) is 6.09. The maximum absolute atomic E-state index is 10.9. The molecule has 2 heterocycles. The summed E-state index contributed by atoms with van der Waals surface area (Å²) in [5, 5.41) is 11.9. The number of rotatable bonds is 3. The third-order valence-corrected chi connectivity index (χ3v) is 4.85. The Bertz CT molecular complexity index is 626. The molecular weight excluding hydrogens is 342 g/mol. The van der Waals surface area contributed by atoms with Gasteiger partial charge in [-0.2, -0.15) is 0 Å². The SMILES string of the molecule is O=C(O)C1CSC(c2ccc(-c3ccc(Br)cc3)o2)N1. The van der Waals surface area contributed by atoms with Crippen molar-refractivity contribution >= 4 is 33.7 Å². The number of carboxylic acid groups (broad SMARTS) is 1. The van der Waals surface area contributed by atoms with Crippen LogP contribution in [-0.2, 0) is 4.79 Å². The number of thioether (sulfide) groups is 1. The molecule has 20 heavy (non-hydrogen) atoms. The Morgan fingerprint density at radius 2 is 2.05 bits per heavy atom. The third-order valence-electron chi connectivity index (χ3n) is 3.09. The third kappa shape index (κ3) is 2.77. The van der Waals surface area contributed by atoms with Crippen molar-refractivity contribution in [3.63, 3.8) is 0 Å². The molecule has 0 saturated carbocycles. The summed E-state index contributed by atoms with van der Waals surface area (Å²) in [7, 11) is 0. The smallest absolute Gasteiger partial charge is 0.321 e. The van der Waals surface area contributed by atoms with E-state index in [1.54, 1.807) is 11.8 Å². The second kappa shape index (κ2) is 5.63. The van der Waals surface area contributed by atoms with Gasteiger partial charge >= 0.3 is 5.97 Å². The lowest BCUT2D eigenvalue weighted by molar-refractivity contribution is -0.138. The number of hydrogen-bond acceptors (Lipinski definition) is 4. The van der Waals surface area contributed by atoms with Crippen molar-refractivity contribution in [1.29, 1.82) is 0 Å². The molecule has 0 aliphatic carbocycles. The van der Waals surface area contributed by atoms with Gasteiger partial charge in [0, 0.05) is 15.8 Å². The highest BCUT2D eigenvalue weighted by atomic mass is 79.9. The molecular formula is C14H12BrNO3S. The highest BCUT2D eigenvalue weighted by molar-refractivity contribution is 9.10. The van der Waals surface area contributed by atoms with Gasteiger partial charge in [0.1, 0.15) is 22.9 Å². The minimum Gasteiger partial charge on any atom is -0.480 e. The Morgan fingerprint density at radius 3 is 2.70 bits per heavy atom. The largest absolute Gasteiger partial charge is 0.480 e. The Kier molecular flexibility index (Phi) is 3.87. The van der Waals surface area contributed by atoms with Crippen LogP contribution in [0.3, 0.4) is 0 Å². The fourth-order valence-electron chi connectivity index (χ4n) is 2.04. The Morgan fingerprint density at radius 1 is 1.30 bits per heavy atom. The lowest BCUT2D eigenvalue weighted by Gasteiger charge is -2.07. The zero-order chi connectivity index (χ0) is 14.1. The molecule has 0 amide bonds. The predicted octanol–water partition coefficient (Wildman–Crippen LogP) is 3.50. The molecule has 0 radical (unpaired) electrons. The summed E-state index contributed by atoms with van der Waals surface area (Å²) in [6.45, 7) is 0. The lowest BCUT2D eigenvalue weighted by Crippen LogP contribution is -2.33. The topological polar surface area (TPSA) is 62.5 Å². The van der Waals surface area contributed by atoms with Gasteiger partial charge in [-0.1, -0.05) is 28.1 Å². The number of hydrogen-bond donors (Lipinski definition) is 2. The van der Waals surface area contributed by atoms with Crippen molar-refractivity contribution in [1.82, 2.24) is 5.32 Å². The van der Waals surface area contributed by atoms with E-state index < -0.39 is 12.0 Å². The number of benzene rings is 1. The fourth-order valence-corrected chi connectivity index (χ4v) is 3.48. The second-order valence-electron chi connectivity index (χ2n) is 4.48. The fraction of sp³-hybridized carbons (Fsp3) is 0.214. The van der Waals surface area contributed by atoms with Crippen LogP contribution in [0.15, 0.2) is 45.3 Å². The summed E-state index contributed by atoms with van der Waals surface area (Å²) < 4.78 is 6.85. The maximum Gasteiger partial charge on any atom is 0.321 e. The highest BCUT2D eigenvalue weighted by Gasteiger charge is 2.32. The van der Waals surface area contributed by atoms with Crippen molar-refractivity contribution in [3.8, 4) is 11.3 Å². The van der Waals surface area contributed by atoms with Crippen LogP contribution >= 0.6 is 27.7 Å². The Labute approximate surface area is 128 Å². The molecule has 6 heteroatoms. The Balaban J connectivity index is 1.77. The summed E-state index contributed by atoms with van der Waals surface area (Å²) in [6, 6.07) is 11.2. The van der Waals surface area contributed by atoms with Gasteiger partial charge < -0.3 is 9.52 Å². The van der Waals surface area contributed by atoms with E-state index in [2.05, 4.69) is 21.2 Å². The van der Waals surface area contributed by atoms with Crippen LogP contribution in [0.5, 0.6) is 0 Å². The van der Waals surface area contributed by atoms with Gasteiger partial charge in [0.2, 0.25) is 0 Å².